The number of hydrogen-bond acceptors (Lipinski definition) is 5. The van der Waals surface area contributed by atoms with Crippen LogP contribution in [0.5, 0.6) is 0 Å². The van der Waals surface area contributed by atoms with Crippen LogP contribution in [0.1, 0.15) is 34.7 Å². The first-order valence-corrected chi connectivity index (χ1v) is 8.87. The number of hydrogen-bond donors (Lipinski definition) is 0. The summed E-state index contributed by atoms with van der Waals surface area (Å²) >= 11 is 0. The van der Waals surface area contributed by atoms with E-state index < -0.39 is 0 Å². The Morgan fingerprint density at radius 2 is 1.96 bits per heavy atom. The van der Waals surface area contributed by atoms with Crippen LogP contribution in [-0.2, 0) is 17.8 Å². The fourth-order valence-corrected chi connectivity index (χ4v) is 3.30. The van der Waals surface area contributed by atoms with Crippen LogP contribution in [0.25, 0.3) is 0 Å². The summed E-state index contributed by atoms with van der Waals surface area (Å²) in [6.07, 6.45) is 3.06. The largest absolute Gasteiger partial charge is 0.361 e. The van der Waals surface area contributed by atoms with E-state index in [1.807, 2.05) is 31.0 Å². The third kappa shape index (κ3) is 4.25. The van der Waals surface area contributed by atoms with Gasteiger partial charge in [0.2, 0.25) is 5.91 Å². The van der Waals surface area contributed by atoms with Gasteiger partial charge in [-0.3, -0.25) is 14.7 Å². The fraction of sp³-hybridized carbons (Fsp3) is 0.526. The minimum Gasteiger partial charge on any atom is -0.361 e. The molecule has 1 saturated heterocycles. The van der Waals surface area contributed by atoms with Crippen molar-refractivity contribution in [1.82, 2.24) is 19.9 Å². The van der Waals surface area contributed by atoms with Crippen molar-refractivity contribution in [1.29, 1.82) is 0 Å². The zero-order valence-corrected chi connectivity index (χ0v) is 15.3. The lowest BCUT2D eigenvalue weighted by atomic mass is 10.1. The lowest BCUT2D eigenvalue weighted by molar-refractivity contribution is -0.133. The summed E-state index contributed by atoms with van der Waals surface area (Å²) < 4.78 is 5.17. The molecule has 0 atom stereocenters. The summed E-state index contributed by atoms with van der Waals surface area (Å²) in [6.45, 7) is 10.1. The molecule has 0 saturated carbocycles. The predicted molar refractivity (Wildman–Crippen MR) is 95.1 cm³/mol. The van der Waals surface area contributed by atoms with Gasteiger partial charge in [0.25, 0.3) is 0 Å². The quantitative estimate of drug-likeness (QED) is 0.834. The highest BCUT2D eigenvalue weighted by atomic mass is 16.5. The smallest absolute Gasteiger partial charge is 0.222 e. The Hall–Kier alpha value is -2.21. The summed E-state index contributed by atoms with van der Waals surface area (Å²) in [5, 5.41) is 3.95. The standard InChI is InChI=1S/C19H26N4O2/c1-14-5-4-8-20-18(14)13-22-9-11-23(12-10-22)19(24)7-6-17-15(2)21-25-16(17)3/h4-5,8H,6-7,9-13H2,1-3H3. The van der Waals surface area contributed by atoms with E-state index in [9.17, 15) is 4.79 Å². The van der Waals surface area contributed by atoms with Crippen LogP contribution in [0.2, 0.25) is 0 Å². The van der Waals surface area contributed by atoms with Gasteiger partial charge >= 0.3 is 0 Å². The van der Waals surface area contributed by atoms with Crippen LogP contribution in [-0.4, -0.2) is 52.0 Å². The Bertz CT molecular complexity index is 713. The number of amides is 1. The number of nitrogens with zero attached hydrogens (tertiary/aromatic N) is 4. The van der Waals surface area contributed by atoms with E-state index >= 15 is 0 Å². The molecule has 1 aliphatic heterocycles. The second-order valence-electron chi connectivity index (χ2n) is 6.73. The van der Waals surface area contributed by atoms with E-state index in [1.165, 1.54) is 5.56 Å². The molecule has 1 aliphatic rings. The van der Waals surface area contributed by atoms with Gasteiger partial charge in [-0.1, -0.05) is 11.2 Å². The third-order valence-electron chi connectivity index (χ3n) is 4.99. The van der Waals surface area contributed by atoms with Crippen molar-refractivity contribution in [2.24, 2.45) is 0 Å². The van der Waals surface area contributed by atoms with Crippen LogP contribution in [0.4, 0.5) is 0 Å². The number of rotatable bonds is 5. The molecule has 0 aromatic carbocycles. The SMILES string of the molecule is Cc1cccnc1CN1CCN(C(=O)CCc2c(C)noc2C)CC1. The molecule has 0 unspecified atom stereocenters. The van der Waals surface area contributed by atoms with Crippen LogP contribution in [0.3, 0.4) is 0 Å². The molecular weight excluding hydrogens is 316 g/mol. The van der Waals surface area contributed by atoms with Crippen molar-refractivity contribution in [2.45, 2.75) is 40.2 Å². The first-order valence-electron chi connectivity index (χ1n) is 8.87. The third-order valence-corrected chi connectivity index (χ3v) is 4.99. The van der Waals surface area contributed by atoms with Crippen molar-refractivity contribution in [2.75, 3.05) is 26.2 Å². The molecule has 25 heavy (non-hydrogen) atoms. The first kappa shape index (κ1) is 17.6. The van der Waals surface area contributed by atoms with Crippen LogP contribution in [0.15, 0.2) is 22.9 Å². The average molecular weight is 342 g/mol. The molecule has 3 heterocycles. The van der Waals surface area contributed by atoms with Crippen LogP contribution in [0, 0.1) is 20.8 Å². The lowest BCUT2D eigenvalue weighted by Gasteiger charge is -2.34. The number of carbonyl (C=O) groups is 1. The van der Waals surface area contributed by atoms with Crippen molar-refractivity contribution >= 4 is 5.91 Å². The molecule has 6 heteroatoms. The molecule has 2 aromatic heterocycles. The van der Waals surface area contributed by atoms with Gasteiger partial charge in [0.15, 0.2) is 0 Å². The minimum atomic E-state index is 0.216. The molecule has 0 spiro atoms. The van der Waals surface area contributed by atoms with Crippen LogP contribution < -0.4 is 0 Å². The number of aryl methyl sites for hydroxylation is 3. The van der Waals surface area contributed by atoms with Crippen molar-refractivity contribution in [3.05, 3.63) is 46.6 Å². The maximum atomic E-state index is 12.5. The first-order chi connectivity index (χ1) is 12.0. The van der Waals surface area contributed by atoms with Gasteiger partial charge in [0.05, 0.1) is 11.4 Å². The molecule has 0 bridgehead atoms. The summed E-state index contributed by atoms with van der Waals surface area (Å²) in [6, 6.07) is 4.06. The number of carbonyl (C=O) groups excluding carboxylic acids is 1. The Kier molecular flexibility index (Phi) is 5.48. The summed E-state index contributed by atoms with van der Waals surface area (Å²) in [5.74, 6) is 1.04. The number of aromatic nitrogens is 2. The van der Waals surface area contributed by atoms with E-state index in [0.29, 0.717) is 12.8 Å². The number of pyridine rings is 1. The zero-order chi connectivity index (χ0) is 17.8. The molecule has 0 radical (unpaired) electrons. The normalized spacial score (nSPS) is 15.6. The van der Waals surface area contributed by atoms with Gasteiger partial charge < -0.3 is 9.42 Å². The zero-order valence-electron chi connectivity index (χ0n) is 15.3. The molecule has 6 nitrogen and oxygen atoms in total. The van der Waals surface area contributed by atoms with Crippen LogP contribution >= 0.6 is 0 Å². The van der Waals surface area contributed by atoms with Gasteiger partial charge in [-0.15, -0.1) is 0 Å². The predicted octanol–water partition coefficient (Wildman–Crippen LogP) is 2.27. The average Bonchev–Trinajstić information content (AvgIpc) is 2.93. The summed E-state index contributed by atoms with van der Waals surface area (Å²) in [5.41, 5.74) is 4.31. The van der Waals surface area contributed by atoms with Gasteiger partial charge in [-0.2, -0.15) is 0 Å². The Morgan fingerprint density at radius 3 is 2.60 bits per heavy atom. The highest BCUT2D eigenvalue weighted by molar-refractivity contribution is 5.76. The highest BCUT2D eigenvalue weighted by Gasteiger charge is 2.22. The van der Waals surface area contributed by atoms with Gasteiger partial charge in [0.1, 0.15) is 5.76 Å². The van der Waals surface area contributed by atoms with Gasteiger partial charge in [-0.25, -0.2) is 0 Å². The molecule has 1 fully saturated rings. The second-order valence-corrected chi connectivity index (χ2v) is 6.73. The summed E-state index contributed by atoms with van der Waals surface area (Å²) in [7, 11) is 0. The second kappa shape index (κ2) is 7.78. The summed E-state index contributed by atoms with van der Waals surface area (Å²) in [4.78, 5) is 21.3. The highest BCUT2D eigenvalue weighted by Crippen LogP contribution is 2.16. The molecule has 134 valence electrons. The molecule has 0 N–H and O–H groups in total. The van der Waals surface area contributed by atoms with E-state index in [4.69, 9.17) is 4.52 Å². The lowest BCUT2D eigenvalue weighted by Crippen LogP contribution is -2.48. The minimum absolute atomic E-state index is 0.216. The maximum Gasteiger partial charge on any atom is 0.222 e. The monoisotopic (exact) mass is 342 g/mol. The van der Waals surface area contributed by atoms with Gasteiger partial charge in [-0.05, 0) is 38.8 Å². The fourth-order valence-electron chi connectivity index (χ4n) is 3.30. The molecule has 1 amide bonds. The van der Waals surface area contributed by atoms with E-state index in [-0.39, 0.29) is 5.91 Å². The Balaban J connectivity index is 1.47. The van der Waals surface area contributed by atoms with Crippen molar-refractivity contribution < 1.29 is 9.32 Å². The Labute approximate surface area is 148 Å². The Morgan fingerprint density at radius 1 is 1.20 bits per heavy atom. The van der Waals surface area contributed by atoms with Gasteiger partial charge in [0, 0.05) is 50.9 Å². The van der Waals surface area contributed by atoms with E-state index in [0.717, 1.165) is 55.4 Å². The molecule has 0 aliphatic carbocycles. The van der Waals surface area contributed by atoms with Crippen molar-refractivity contribution in [3.63, 3.8) is 0 Å². The van der Waals surface area contributed by atoms with E-state index in [1.54, 1.807) is 0 Å². The maximum absolute atomic E-state index is 12.5. The molecular formula is C19H26N4O2. The topological polar surface area (TPSA) is 62.5 Å². The molecule has 3 rings (SSSR count). The number of piperazine rings is 1. The van der Waals surface area contributed by atoms with E-state index in [2.05, 4.69) is 28.0 Å². The van der Waals surface area contributed by atoms with Crippen molar-refractivity contribution in [3.8, 4) is 0 Å². The molecule has 2 aromatic rings.